The Morgan fingerprint density at radius 2 is 1.65 bits per heavy atom. The number of para-hydroxylation sites is 1. The van der Waals surface area contributed by atoms with Crippen molar-refractivity contribution in [3.63, 3.8) is 0 Å². The zero-order valence-electron chi connectivity index (χ0n) is 16.6. The van der Waals surface area contributed by atoms with Crippen molar-refractivity contribution in [2.24, 2.45) is 0 Å². The molecule has 2 heterocycles. The fourth-order valence-electron chi connectivity index (χ4n) is 3.56. The molecule has 0 N–H and O–H groups in total. The highest BCUT2D eigenvalue weighted by Crippen LogP contribution is 2.39. The van der Waals surface area contributed by atoms with Crippen LogP contribution in [0.5, 0.6) is 0 Å². The van der Waals surface area contributed by atoms with Gasteiger partial charge in [-0.15, -0.1) is 0 Å². The second kappa shape index (κ2) is 8.01. The Hall–Kier alpha value is -2.84. The number of aromatic nitrogens is 1. The molecule has 0 saturated carbocycles. The Balaban J connectivity index is 1.69. The molecule has 0 aliphatic carbocycles. The van der Waals surface area contributed by atoms with Crippen LogP contribution in [0.2, 0.25) is 0 Å². The topological polar surface area (TPSA) is 25.2 Å². The first-order chi connectivity index (χ1) is 14.7. The first-order valence-corrected chi connectivity index (χ1v) is 10.6. The van der Waals surface area contributed by atoms with Crippen molar-refractivity contribution >= 4 is 46.0 Å². The molecule has 0 bridgehead atoms. The molecule has 0 atom stereocenters. The summed E-state index contributed by atoms with van der Waals surface area (Å²) in [7, 11) is 0. The summed E-state index contributed by atoms with van der Waals surface area (Å²) in [5.74, 6) is -0.432. The molecule has 0 unspecified atom stereocenters. The maximum Gasteiger partial charge on any atom is 0.416 e. The molecular weight excluding hydrogens is 441 g/mol. The summed E-state index contributed by atoms with van der Waals surface area (Å²) in [5.41, 5.74) is 3.10. The summed E-state index contributed by atoms with van der Waals surface area (Å²) in [6.07, 6.45) is -2.75. The lowest BCUT2D eigenvalue weighted by atomic mass is 10.1. The van der Waals surface area contributed by atoms with Gasteiger partial charge in [-0.05, 0) is 61.9 Å². The molecule has 2 aromatic carbocycles. The third-order valence-electron chi connectivity index (χ3n) is 5.00. The fourth-order valence-corrected chi connectivity index (χ4v) is 4.85. The molecule has 1 aromatic heterocycles. The molecule has 31 heavy (non-hydrogen) atoms. The molecule has 0 radical (unpaired) electrons. The average molecular weight is 459 g/mol. The molecule has 4 rings (SSSR count). The Morgan fingerprint density at radius 1 is 0.968 bits per heavy atom. The van der Waals surface area contributed by atoms with Gasteiger partial charge in [-0.3, -0.25) is 9.69 Å². The van der Waals surface area contributed by atoms with Crippen LogP contribution < -0.4 is 4.90 Å². The van der Waals surface area contributed by atoms with Crippen molar-refractivity contribution < 1.29 is 18.0 Å². The van der Waals surface area contributed by atoms with Gasteiger partial charge >= 0.3 is 6.18 Å². The number of thiocarbonyl (C=S) groups is 1. The van der Waals surface area contributed by atoms with E-state index in [4.69, 9.17) is 12.2 Å². The molecule has 0 spiro atoms. The number of amides is 1. The van der Waals surface area contributed by atoms with Crippen molar-refractivity contribution in [2.45, 2.75) is 20.0 Å². The van der Waals surface area contributed by atoms with Crippen molar-refractivity contribution in [3.05, 3.63) is 88.1 Å². The van der Waals surface area contributed by atoms with Crippen LogP contribution in [0.25, 0.3) is 11.8 Å². The quantitative estimate of drug-likeness (QED) is 0.330. The van der Waals surface area contributed by atoms with Crippen LogP contribution in [0.1, 0.15) is 22.5 Å². The normalized spacial score (nSPS) is 15.9. The molecule has 158 valence electrons. The van der Waals surface area contributed by atoms with Gasteiger partial charge in [0.2, 0.25) is 0 Å². The number of hydrogen-bond acceptors (Lipinski definition) is 3. The van der Waals surface area contributed by atoms with Gasteiger partial charge in [0, 0.05) is 17.1 Å². The Kier molecular flexibility index (Phi) is 5.53. The monoisotopic (exact) mass is 458 g/mol. The number of benzene rings is 2. The second-order valence-corrected chi connectivity index (χ2v) is 8.74. The SMILES string of the molecule is Cc1cc(/C=C2\SC(=S)N(c3cccc(C(F)(F)F)c3)C2=O)c(C)n1-c1ccccc1. The second-order valence-electron chi connectivity index (χ2n) is 7.06. The standard InChI is InChI=1S/C23H17F3N2OS2/c1-14-11-16(15(2)27(14)18-8-4-3-5-9-18)12-20-21(29)28(22(30)31-20)19-10-6-7-17(13-19)23(24,25)26/h3-13H,1-2H3/b20-12-. The molecule has 1 aliphatic heterocycles. The number of hydrogen-bond donors (Lipinski definition) is 0. The van der Waals surface area contributed by atoms with E-state index in [1.807, 2.05) is 50.2 Å². The van der Waals surface area contributed by atoms with Gasteiger partial charge in [0.15, 0.2) is 4.32 Å². The highest BCUT2D eigenvalue weighted by Gasteiger charge is 2.36. The number of thioether (sulfide) groups is 1. The molecule has 3 aromatic rings. The van der Waals surface area contributed by atoms with Crippen molar-refractivity contribution in [1.82, 2.24) is 4.57 Å². The third-order valence-corrected chi connectivity index (χ3v) is 6.30. The van der Waals surface area contributed by atoms with Crippen LogP contribution in [0.4, 0.5) is 18.9 Å². The van der Waals surface area contributed by atoms with Crippen LogP contribution in [-0.2, 0) is 11.0 Å². The number of carbonyl (C=O) groups is 1. The minimum atomic E-state index is -4.50. The summed E-state index contributed by atoms with van der Waals surface area (Å²) in [6, 6.07) is 16.4. The number of anilines is 1. The number of carbonyl (C=O) groups excluding carboxylic acids is 1. The Morgan fingerprint density at radius 3 is 2.32 bits per heavy atom. The average Bonchev–Trinajstić information content (AvgIpc) is 3.16. The van der Waals surface area contributed by atoms with Gasteiger partial charge < -0.3 is 4.57 Å². The van der Waals surface area contributed by atoms with E-state index >= 15 is 0 Å². The summed E-state index contributed by atoms with van der Waals surface area (Å²) in [4.78, 5) is 14.5. The number of rotatable bonds is 3. The number of aryl methyl sites for hydroxylation is 1. The van der Waals surface area contributed by atoms with E-state index in [1.54, 1.807) is 6.08 Å². The van der Waals surface area contributed by atoms with Gasteiger partial charge in [-0.2, -0.15) is 13.2 Å². The lowest BCUT2D eigenvalue weighted by Crippen LogP contribution is -2.27. The van der Waals surface area contributed by atoms with E-state index in [1.165, 1.54) is 12.1 Å². The summed E-state index contributed by atoms with van der Waals surface area (Å²) in [5, 5.41) is 0. The smallest absolute Gasteiger partial charge is 0.318 e. The van der Waals surface area contributed by atoms with E-state index in [-0.39, 0.29) is 10.0 Å². The fraction of sp³-hybridized carbons (Fsp3) is 0.130. The number of halogens is 3. The zero-order chi connectivity index (χ0) is 22.3. The van der Waals surface area contributed by atoms with Gasteiger partial charge in [0.05, 0.1) is 16.2 Å². The van der Waals surface area contributed by atoms with E-state index in [0.717, 1.165) is 51.4 Å². The Bertz CT molecular complexity index is 1210. The summed E-state index contributed by atoms with van der Waals surface area (Å²) < 4.78 is 41.5. The minimum Gasteiger partial charge on any atom is -0.318 e. The zero-order valence-corrected chi connectivity index (χ0v) is 18.2. The van der Waals surface area contributed by atoms with E-state index < -0.39 is 17.6 Å². The molecule has 8 heteroatoms. The van der Waals surface area contributed by atoms with Crippen LogP contribution in [0.15, 0.2) is 65.6 Å². The molecule has 3 nitrogen and oxygen atoms in total. The molecule has 1 amide bonds. The summed E-state index contributed by atoms with van der Waals surface area (Å²) >= 11 is 6.39. The largest absolute Gasteiger partial charge is 0.416 e. The maximum atomic E-state index is 13.1. The molecule has 1 aliphatic rings. The van der Waals surface area contributed by atoms with Crippen LogP contribution in [0.3, 0.4) is 0 Å². The lowest BCUT2D eigenvalue weighted by molar-refractivity contribution is -0.137. The van der Waals surface area contributed by atoms with Crippen molar-refractivity contribution in [1.29, 1.82) is 0 Å². The van der Waals surface area contributed by atoms with Crippen LogP contribution in [0, 0.1) is 13.8 Å². The maximum absolute atomic E-state index is 13.1. The number of alkyl halides is 3. The molecule has 1 saturated heterocycles. The van der Waals surface area contributed by atoms with Gasteiger partial charge in [0.1, 0.15) is 0 Å². The third kappa shape index (κ3) is 4.05. The lowest BCUT2D eigenvalue weighted by Gasteiger charge is -2.16. The minimum absolute atomic E-state index is 0.107. The van der Waals surface area contributed by atoms with Crippen molar-refractivity contribution in [3.8, 4) is 5.69 Å². The van der Waals surface area contributed by atoms with Crippen molar-refractivity contribution in [2.75, 3.05) is 4.90 Å². The summed E-state index contributed by atoms with van der Waals surface area (Å²) in [6.45, 7) is 3.94. The first kappa shape index (κ1) is 21.4. The highest BCUT2D eigenvalue weighted by molar-refractivity contribution is 8.27. The predicted molar refractivity (Wildman–Crippen MR) is 122 cm³/mol. The van der Waals surface area contributed by atoms with E-state index in [0.29, 0.717) is 4.91 Å². The van der Waals surface area contributed by atoms with Crippen LogP contribution in [-0.4, -0.2) is 14.8 Å². The number of nitrogens with zero attached hydrogens (tertiary/aromatic N) is 2. The van der Waals surface area contributed by atoms with Gasteiger partial charge in [0.25, 0.3) is 5.91 Å². The first-order valence-electron chi connectivity index (χ1n) is 9.36. The molecular formula is C23H17F3N2OS2. The predicted octanol–water partition coefficient (Wildman–Crippen LogP) is 6.52. The highest BCUT2D eigenvalue weighted by atomic mass is 32.2. The van der Waals surface area contributed by atoms with Gasteiger partial charge in [-0.25, -0.2) is 0 Å². The molecule has 1 fully saturated rings. The van der Waals surface area contributed by atoms with Gasteiger partial charge in [-0.1, -0.05) is 48.2 Å². The Labute approximate surface area is 187 Å². The van der Waals surface area contributed by atoms with E-state index in [9.17, 15) is 18.0 Å². The van der Waals surface area contributed by atoms with E-state index in [2.05, 4.69) is 4.57 Å². The van der Waals surface area contributed by atoms with Crippen LogP contribution >= 0.6 is 24.0 Å².